The van der Waals surface area contributed by atoms with Gasteiger partial charge in [0.25, 0.3) is 0 Å². The number of aldehydes is 1. The maximum atomic E-state index is 12.6. The van der Waals surface area contributed by atoms with Crippen LogP contribution in [0.2, 0.25) is 0 Å². The average Bonchev–Trinajstić information content (AvgIpc) is 2.05. The summed E-state index contributed by atoms with van der Waals surface area (Å²) >= 11 is 0. The molecule has 0 spiro atoms. The number of carbonyl (C=O) groups is 1. The molecule has 0 aliphatic carbocycles. The number of carbonyl (C=O) groups excluding carboxylic acids is 1. The molecule has 0 radical (unpaired) electrons. The van der Waals surface area contributed by atoms with Gasteiger partial charge in [0.15, 0.2) is 6.29 Å². The summed E-state index contributed by atoms with van der Waals surface area (Å²) in [4.78, 5) is 9.86. The monoisotopic (exact) mass is 192 g/mol. The van der Waals surface area contributed by atoms with Crippen LogP contribution in [0.5, 0.6) is 0 Å². The summed E-state index contributed by atoms with van der Waals surface area (Å²) < 4.78 is 37.7. The Hall–Kier alpha value is -1.36. The summed E-state index contributed by atoms with van der Waals surface area (Å²) in [7, 11) is 0. The van der Waals surface area contributed by atoms with Crippen molar-refractivity contribution in [3.63, 3.8) is 0 Å². The summed E-state index contributed by atoms with van der Waals surface area (Å²) in [6.07, 6.45) is -0.578. The summed E-state index contributed by atoms with van der Waals surface area (Å²) in [5, 5.41) is 0. The zero-order valence-electron chi connectivity index (χ0n) is 6.43. The van der Waals surface area contributed by atoms with Crippen molar-refractivity contribution in [1.29, 1.82) is 0 Å². The number of benzene rings is 1. The molecule has 1 aromatic rings. The van der Waals surface area contributed by atoms with Crippen molar-refractivity contribution >= 4 is 6.29 Å². The Morgan fingerprint density at radius 3 is 2.23 bits per heavy atom. The van der Waals surface area contributed by atoms with Gasteiger partial charge in [-0.1, -0.05) is 12.1 Å². The lowest BCUT2D eigenvalue weighted by Gasteiger charge is -2.08. The topological polar surface area (TPSA) is 48.6 Å². The molecule has 2 nitrogen and oxygen atoms in total. The molecule has 0 fully saturated rings. The standard InChI is InChI=1S/C8H5F3O.H2O/c9-7-4-2-1-3-6(7)8(10,11)5-12;/h1-5H;1H2. The van der Waals surface area contributed by atoms with Gasteiger partial charge in [0, 0.05) is 0 Å². The van der Waals surface area contributed by atoms with Crippen LogP contribution in [-0.2, 0) is 10.7 Å². The van der Waals surface area contributed by atoms with Gasteiger partial charge < -0.3 is 5.48 Å². The Kier molecular flexibility index (Phi) is 3.62. The van der Waals surface area contributed by atoms with Crippen LogP contribution >= 0.6 is 0 Å². The van der Waals surface area contributed by atoms with E-state index in [1.807, 2.05) is 0 Å². The first kappa shape index (κ1) is 11.6. The summed E-state index contributed by atoms with van der Waals surface area (Å²) in [6.45, 7) is 0. The Morgan fingerprint density at radius 1 is 1.23 bits per heavy atom. The second kappa shape index (κ2) is 4.04. The zero-order valence-corrected chi connectivity index (χ0v) is 6.43. The van der Waals surface area contributed by atoms with Gasteiger partial charge in [-0.25, -0.2) is 4.39 Å². The van der Waals surface area contributed by atoms with Crippen LogP contribution in [0.15, 0.2) is 24.3 Å². The molecule has 2 N–H and O–H groups in total. The minimum absolute atomic E-state index is 0. The van der Waals surface area contributed by atoms with Crippen molar-refractivity contribution in [3.8, 4) is 0 Å². The average molecular weight is 192 g/mol. The normalized spacial score (nSPS) is 10.4. The zero-order chi connectivity index (χ0) is 9.19. The highest BCUT2D eigenvalue weighted by atomic mass is 19.3. The van der Waals surface area contributed by atoms with E-state index in [9.17, 15) is 18.0 Å². The number of hydrogen-bond donors (Lipinski definition) is 0. The molecular weight excluding hydrogens is 185 g/mol. The van der Waals surface area contributed by atoms with Gasteiger partial charge in [-0.2, -0.15) is 8.78 Å². The Bertz CT molecular complexity index is 299. The van der Waals surface area contributed by atoms with E-state index in [0.717, 1.165) is 12.1 Å². The van der Waals surface area contributed by atoms with Crippen molar-refractivity contribution in [2.45, 2.75) is 5.92 Å². The van der Waals surface area contributed by atoms with E-state index >= 15 is 0 Å². The van der Waals surface area contributed by atoms with Gasteiger partial charge in [-0.05, 0) is 12.1 Å². The van der Waals surface area contributed by atoms with Gasteiger partial charge in [-0.15, -0.1) is 0 Å². The molecule has 0 aliphatic heterocycles. The molecule has 0 atom stereocenters. The predicted molar refractivity (Wildman–Crippen MR) is 40.0 cm³/mol. The molecular formula is C8H7F3O2. The molecule has 0 heterocycles. The summed E-state index contributed by atoms with van der Waals surface area (Å²) in [5.41, 5.74) is -0.889. The second-order valence-electron chi connectivity index (χ2n) is 2.22. The van der Waals surface area contributed by atoms with Crippen LogP contribution in [-0.4, -0.2) is 11.8 Å². The fourth-order valence-electron chi connectivity index (χ4n) is 0.795. The first-order valence-electron chi connectivity index (χ1n) is 3.17. The van der Waals surface area contributed by atoms with E-state index < -0.39 is 23.6 Å². The van der Waals surface area contributed by atoms with Crippen LogP contribution in [0.25, 0.3) is 0 Å². The number of hydrogen-bond acceptors (Lipinski definition) is 1. The maximum Gasteiger partial charge on any atom is 0.330 e. The molecule has 5 heteroatoms. The minimum atomic E-state index is -3.73. The lowest BCUT2D eigenvalue weighted by Crippen LogP contribution is -2.16. The first-order chi connectivity index (χ1) is 5.58. The minimum Gasteiger partial charge on any atom is -0.412 e. The van der Waals surface area contributed by atoms with Crippen LogP contribution < -0.4 is 0 Å². The predicted octanol–water partition coefficient (Wildman–Crippen LogP) is 1.29. The van der Waals surface area contributed by atoms with E-state index in [2.05, 4.69) is 0 Å². The molecule has 72 valence electrons. The number of alkyl halides is 2. The fourth-order valence-corrected chi connectivity index (χ4v) is 0.795. The highest BCUT2D eigenvalue weighted by Crippen LogP contribution is 2.27. The Morgan fingerprint density at radius 2 is 1.77 bits per heavy atom. The van der Waals surface area contributed by atoms with E-state index in [1.165, 1.54) is 12.1 Å². The molecule has 0 bridgehead atoms. The number of rotatable bonds is 2. The van der Waals surface area contributed by atoms with Crippen molar-refractivity contribution < 1.29 is 23.4 Å². The Balaban J connectivity index is 0.00000144. The third-order valence-electron chi connectivity index (χ3n) is 1.38. The van der Waals surface area contributed by atoms with Crippen LogP contribution in [0.4, 0.5) is 13.2 Å². The van der Waals surface area contributed by atoms with Crippen LogP contribution in [0.1, 0.15) is 5.56 Å². The molecule has 0 amide bonds. The van der Waals surface area contributed by atoms with E-state index in [-0.39, 0.29) is 5.48 Å². The molecule has 0 saturated heterocycles. The fraction of sp³-hybridized carbons (Fsp3) is 0.125. The summed E-state index contributed by atoms with van der Waals surface area (Å²) in [5.74, 6) is -4.81. The van der Waals surface area contributed by atoms with E-state index in [1.54, 1.807) is 0 Å². The second-order valence-corrected chi connectivity index (χ2v) is 2.22. The third-order valence-corrected chi connectivity index (χ3v) is 1.38. The van der Waals surface area contributed by atoms with E-state index in [4.69, 9.17) is 0 Å². The molecule has 0 aliphatic rings. The SMILES string of the molecule is O.O=CC(F)(F)c1ccccc1F. The quantitative estimate of drug-likeness (QED) is 0.651. The highest BCUT2D eigenvalue weighted by Gasteiger charge is 2.33. The van der Waals surface area contributed by atoms with Gasteiger partial charge in [0.2, 0.25) is 0 Å². The summed E-state index contributed by atoms with van der Waals surface area (Å²) in [6, 6.07) is 4.28. The van der Waals surface area contributed by atoms with Crippen molar-refractivity contribution in [1.82, 2.24) is 0 Å². The van der Waals surface area contributed by atoms with Gasteiger partial charge in [-0.3, -0.25) is 4.79 Å². The molecule has 0 saturated carbocycles. The van der Waals surface area contributed by atoms with Crippen molar-refractivity contribution in [3.05, 3.63) is 35.6 Å². The van der Waals surface area contributed by atoms with Gasteiger partial charge in [0.05, 0.1) is 5.56 Å². The lowest BCUT2D eigenvalue weighted by molar-refractivity contribution is -0.130. The van der Waals surface area contributed by atoms with Gasteiger partial charge >= 0.3 is 5.92 Å². The molecule has 0 aromatic heterocycles. The molecule has 0 unspecified atom stereocenters. The maximum absolute atomic E-state index is 12.6. The van der Waals surface area contributed by atoms with Crippen LogP contribution in [0.3, 0.4) is 0 Å². The number of halogens is 3. The van der Waals surface area contributed by atoms with Gasteiger partial charge in [0.1, 0.15) is 5.82 Å². The molecule has 13 heavy (non-hydrogen) atoms. The van der Waals surface area contributed by atoms with Crippen molar-refractivity contribution in [2.24, 2.45) is 0 Å². The smallest absolute Gasteiger partial charge is 0.330 e. The molecule has 1 aromatic carbocycles. The van der Waals surface area contributed by atoms with Crippen LogP contribution in [0, 0.1) is 5.82 Å². The van der Waals surface area contributed by atoms with Crippen molar-refractivity contribution in [2.75, 3.05) is 0 Å². The van der Waals surface area contributed by atoms with E-state index in [0.29, 0.717) is 0 Å². The highest BCUT2D eigenvalue weighted by molar-refractivity contribution is 5.63. The lowest BCUT2D eigenvalue weighted by atomic mass is 10.1. The molecule has 1 rings (SSSR count). The first-order valence-corrected chi connectivity index (χ1v) is 3.17. The largest absolute Gasteiger partial charge is 0.412 e. The Labute approximate surface area is 72.3 Å². The third kappa shape index (κ3) is 2.29.